The maximum atomic E-state index is 13.6. The Bertz CT molecular complexity index is 509. The number of nitrogens with two attached hydrogens (primary N) is 1. The Morgan fingerprint density at radius 2 is 2.20 bits per heavy atom. The third-order valence-corrected chi connectivity index (χ3v) is 2.56. The van der Waals surface area contributed by atoms with Gasteiger partial charge in [0, 0.05) is 4.47 Å². The second-order valence-corrected chi connectivity index (χ2v) is 3.98. The summed E-state index contributed by atoms with van der Waals surface area (Å²) in [7, 11) is 0. The maximum Gasteiger partial charge on any atom is 0.169 e. The Balaban J connectivity index is 2.59. The minimum Gasteiger partial charge on any atom is -0.381 e. The molecule has 78 valence electrons. The molecule has 2 N–H and O–H groups in total. The van der Waals surface area contributed by atoms with Crippen LogP contribution in [0.25, 0.3) is 5.69 Å². The fourth-order valence-corrected chi connectivity index (χ4v) is 1.56. The summed E-state index contributed by atoms with van der Waals surface area (Å²) < 4.78 is 15.6. The van der Waals surface area contributed by atoms with Gasteiger partial charge < -0.3 is 5.73 Å². The number of hydrogen-bond donors (Lipinski definition) is 1. The number of halogens is 2. The van der Waals surface area contributed by atoms with Gasteiger partial charge in [-0.3, -0.25) is 0 Å². The number of hydrogen-bond acceptors (Lipinski definition) is 3. The first-order valence-electron chi connectivity index (χ1n) is 4.23. The summed E-state index contributed by atoms with van der Waals surface area (Å²) in [6.45, 7) is 1.73. The molecule has 1 aromatic carbocycles. The summed E-state index contributed by atoms with van der Waals surface area (Å²) in [5, 5.41) is 7.43. The fraction of sp³-hybridized carbons (Fsp3) is 0.111. The van der Waals surface area contributed by atoms with Gasteiger partial charge in [-0.2, -0.15) is 0 Å². The van der Waals surface area contributed by atoms with Gasteiger partial charge in [0.2, 0.25) is 0 Å². The van der Waals surface area contributed by atoms with E-state index < -0.39 is 0 Å². The Kier molecular flexibility index (Phi) is 2.44. The van der Waals surface area contributed by atoms with E-state index in [-0.39, 0.29) is 5.82 Å². The molecule has 0 radical (unpaired) electrons. The SMILES string of the molecule is Cc1c(N)nnn1-c1ccc(Br)cc1F. The van der Waals surface area contributed by atoms with E-state index in [0.29, 0.717) is 21.7 Å². The Labute approximate surface area is 94.0 Å². The van der Waals surface area contributed by atoms with Gasteiger partial charge in [-0.15, -0.1) is 5.10 Å². The van der Waals surface area contributed by atoms with Gasteiger partial charge in [-0.25, -0.2) is 9.07 Å². The van der Waals surface area contributed by atoms with Crippen LogP contribution in [0.3, 0.4) is 0 Å². The summed E-state index contributed by atoms with van der Waals surface area (Å²) in [4.78, 5) is 0. The van der Waals surface area contributed by atoms with Crippen LogP contribution < -0.4 is 5.73 Å². The zero-order valence-corrected chi connectivity index (χ0v) is 9.49. The summed E-state index contributed by atoms with van der Waals surface area (Å²) in [6.07, 6.45) is 0. The molecule has 0 unspecified atom stereocenters. The summed E-state index contributed by atoms with van der Waals surface area (Å²) in [5.41, 5.74) is 6.49. The first-order valence-corrected chi connectivity index (χ1v) is 5.02. The van der Waals surface area contributed by atoms with Crippen molar-refractivity contribution in [3.63, 3.8) is 0 Å². The molecule has 2 rings (SSSR count). The first kappa shape index (κ1) is 10.1. The lowest BCUT2D eigenvalue weighted by molar-refractivity contribution is 0.604. The molecular weight excluding hydrogens is 263 g/mol. The minimum atomic E-state index is -0.377. The van der Waals surface area contributed by atoms with Crippen LogP contribution in [0.1, 0.15) is 5.69 Å². The van der Waals surface area contributed by atoms with Crippen molar-refractivity contribution < 1.29 is 4.39 Å². The molecule has 6 heteroatoms. The quantitative estimate of drug-likeness (QED) is 0.863. The average Bonchev–Trinajstić information content (AvgIpc) is 2.49. The number of aromatic nitrogens is 3. The van der Waals surface area contributed by atoms with Crippen molar-refractivity contribution in [1.82, 2.24) is 15.0 Å². The van der Waals surface area contributed by atoms with Gasteiger partial charge in [-0.1, -0.05) is 21.1 Å². The van der Waals surface area contributed by atoms with E-state index >= 15 is 0 Å². The molecule has 0 amide bonds. The van der Waals surface area contributed by atoms with Gasteiger partial charge in [0.1, 0.15) is 11.5 Å². The van der Waals surface area contributed by atoms with Crippen molar-refractivity contribution in [2.75, 3.05) is 5.73 Å². The molecule has 0 aliphatic rings. The standard InChI is InChI=1S/C9H8BrFN4/c1-5-9(12)13-14-15(5)8-3-2-6(10)4-7(8)11/h2-4H,12H2,1H3. The largest absolute Gasteiger partial charge is 0.381 e. The molecule has 0 bridgehead atoms. The van der Waals surface area contributed by atoms with Crippen LogP contribution in [0.4, 0.5) is 10.2 Å². The monoisotopic (exact) mass is 270 g/mol. The molecule has 4 nitrogen and oxygen atoms in total. The third-order valence-electron chi connectivity index (χ3n) is 2.07. The minimum absolute atomic E-state index is 0.303. The zero-order chi connectivity index (χ0) is 11.0. The molecule has 1 aromatic heterocycles. The highest BCUT2D eigenvalue weighted by Crippen LogP contribution is 2.20. The Hall–Kier alpha value is -1.43. The van der Waals surface area contributed by atoms with Gasteiger partial charge in [0.05, 0.1) is 5.69 Å². The van der Waals surface area contributed by atoms with Gasteiger partial charge >= 0.3 is 0 Å². The lowest BCUT2D eigenvalue weighted by atomic mass is 10.3. The smallest absolute Gasteiger partial charge is 0.169 e. The van der Waals surface area contributed by atoms with E-state index in [4.69, 9.17) is 5.73 Å². The summed E-state index contributed by atoms with van der Waals surface area (Å²) in [6, 6.07) is 4.71. The average molecular weight is 271 g/mol. The normalized spacial score (nSPS) is 10.6. The molecule has 2 aromatic rings. The van der Waals surface area contributed by atoms with Crippen LogP contribution in [0.15, 0.2) is 22.7 Å². The topological polar surface area (TPSA) is 56.7 Å². The van der Waals surface area contributed by atoms with Crippen molar-refractivity contribution in [3.8, 4) is 5.69 Å². The first-order chi connectivity index (χ1) is 7.09. The van der Waals surface area contributed by atoms with Crippen molar-refractivity contribution >= 4 is 21.7 Å². The second kappa shape index (κ2) is 3.62. The summed E-state index contributed by atoms with van der Waals surface area (Å²) in [5.74, 6) is -0.0744. The van der Waals surface area contributed by atoms with E-state index in [1.165, 1.54) is 10.7 Å². The van der Waals surface area contributed by atoms with Crippen LogP contribution in [0, 0.1) is 12.7 Å². The van der Waals surface area contributed by atoms with Crippen molar-refractivity contribution in [1.29, 1.82) is 0 Å². The lowest BCUT2D eigenvalue weighted by Gasteiger charge is -2.04. The zero-order valence-electron chi connectivity index (χ0n) is 7.91. The van der Waals surface area contributed by atoms with Crippen molar-refractivity contribution in [2.24, 2.45) is 0 Å². The molecule has 15 heavy (non-hydrogen) atoms. The highest BCUT2D eigenvalue weighted by Gasteiger charge is 2.11. The van der Waals surface area contributed by atoms with Crippen LogP contribution in [-0.4, -0.2) is 15.0 Å². The predicted molar refractivity (Wildman–Crippen MR) is 58.2 cm³/mol. The number of nitrogen functional groups attached to an aromatic ring is 1. The predicted octanol–water partition coefficient (Wildman–Crippen LogP) is 2.06. The molecule has 1 heterocycles. The van der Waals surface area contributed by atoms with E-state index in [2.05, 4.69) is 26.2 Å². The highest BCUT2D eigenvalue weighted by molar-refractivity contribution is 9.10. The molecular formula is C9H8BrFN4. The van der Waals surface area contributed by atoms with Crippen LogP contribution >= 0.6 is 15.9 Å². The van der Waals surface area contributed by atoms with Crippen LogP contribution in [0.2, 0.25) is 0 Å². The van der Waals surface area contributed by atoms with E-state index in [1.807, 2.05) is 0 Å². The van der Waals surface area contributed by atoms with Crippen LogP contribution in [0.5, 0.6) is 0 Å². The molecule has 0 atom stereocenters. The highest BCUT2D eigenvalue weighted by atomic mass is 79.9. The van der Waals surface area contributed by atoms with Crippen LogP contribution in [-0.2, 0) is 0 Å². The Morgan fingerprint density at radius 1 is 1.47 bits per heavy atom. The molecule has 0 spiro atoms. The molecule has 0 aliphatic carbocycles. The van der Waals surface area contributed by atoms with Gasteiger partial charge in [0.25, 0.3) is 0 Å². The maximum absolute atomic E-state index is 13.6. The molecule has 0 saturated heterocycles. The number of benzene rings is 1. The van der Waals surface area contributed by atoms with Gasteiger partial charge in [0.15, 0.2) is 5.82 Å². The van der Waals surface area contributed by atoms with Crippen molar-refractivity contribution in [2.45, 2.75) is 6.92 Å². The molecule has 0 fully saturated rings. The number of nitrogens with zero attached hydrogens (tertiary/aromatic N) is 3. The van der Waals surface area contributed by atoms with E-state index in [1.54, 1.807) is 19.1 Å². The Morgan fingerprint density at radius 3 is 2.73 bits per heavy atom. The van der Waals surface area contributed by atoms with Crippen molar-refractivity contribution in [3.05, 3.63) is 34.2 Å². The summed E-state index contributed by atoms with van der Waals surface area (Å²) >= 11 is 3.18. The lowest BCUT2D eigenvalue weighted by Crippen LogP contribution is -2.02. The second-order valence-electron chi connectivity index (χ2n) is 3.07. The fourth-order valence-electron chi connectivity index (χ4n) is 1.22. The number of rotatable bonds is 1. The number of anilines is 1. The van der Waals surface area contributed by atoms with E-state index in [0.717, 1.165) is 0 Å². The van der Waals surface area contributed by atoms with E-state index in [9.17, 15) is 4.39 Å². The molecule has 0 saturated carbocycles. The van der Waals surface area contributed by atoms with Gasteiger partial charge in [-0.05, 0) is 25.1 Å². The third kappa shape index (κ3) is 1.72. The molecule has 0 aliphatic heterocycles.